The van der Waals surface area contributed by atoms with Gasteiger partial charge in [-0.1, -0.05) is 42.5 Å². The average molecular weight is 464 g/mol. The molecule has 0 radical (unpaired) electrons. The van der Waals surface area contributed by atoms with Crippen LogP contribution in [-0.2, 0) is 6.18 Å². The van der Waals surface area contributed by atoms with Crippen molar-refractivity contribution in [2.45, 2.75) is 16.4 Å². The molecule has 0 saturated carbocycles. The highest BCUT2D eigenvalue weighted by molar-refractivity contribution is 7.99. The number of anilines is 1. The number of hydrogen-bond donors (Lipinski definition) is 2. The van der Waals surface area contributed by atoms with Crippen LogP contribution in [0.25, 0.3) is 21.9 Å². The Labute approximate surface area is 190 Å². The van der Waals surface area contributed by atoms with Gasteiger partial charge in [-0.2, -0.15) is 13.2 Å². The molecule has 0 aliphatic rings. The van der Waals surface area contributed by atoms with Gasteiger partial charge in [0.2, 0.25) is 0 Å². The monoisotopic (exact) mass is 464 g/mol. The lowest BCUT2D eigenvalue weighted by molar-refractivity contribution is -0.136. The van der Waals surface area contributed by atoms with Crippen LogP contribution in [0.4, 0.5) is 18.9 Å². The second kappa shape index (κ2) is 8.25. The van der Waals surface area contributed by atoms with Gasteiger partial charge in [-0.15, -0.1) is 0 Å². The van der Waals surface area contributed by atoms with Crippen molar-refractivity contribution < 1.29 is 18.0 Å². The van der Waals surface area contributed by atoms with E-state index in [2.05, 4.69) is 20.3 Å². The van der Waals surface area contributed by atoms with Gasteiger partial charge in [0, 0.05) is 5.39 Å². The third-order valence-electron chi connectivity index (χ3n) is 4.99. The van der Waals surface area contributed by atoms with Gasteiger partial charge < -0.3 is 10.3 Å². The first kappa shape index (κ1) is 21.0. The number of alkyl halides is 3. The van der Waals surface area contributed by atoms with Crippen LogP contribution < -0.4 is 5.32 Å². The zero-order valence-corrected chi connectivity index (χ0v) is 17.7. The molecular weight excluding hydrogens is 449 g/mol. The minimum Gasteiger partial charge on any atom is -0.333 e. The molecule has 0 atom stereocenters. The smallest absolute Gasteiger partial charge is 0.333 e. The van der Waals surface area contributed by atoms with Crippen LogP contribution in [0.15, 0.2) is 89.0 Å². The highest BCUT2D eigenvalue weighted by atomic mass is 32.2. The van der Waals surface area contributed by atoms with E-state index in [0.29, 0.717) is 21.1 Å². The topological polar surface area (TPSA) is 70.7 Å². The summed E-state index contributed by atoms with van der Waals surface area (Å²) in [5.74, 6) is -0.656. The zero-order valence-electron chi connectivity index (χ0n) is 16.9. The molecule has 0 aliphatic carbocycles. The highest BCUT2D eigenvalue weighted by Crippen LogP contribution is 2.35. The fraction of sp³-hybridized carbons (Fsp3) is 0.0417. The van der Waals surface area contributed by atoms with Gasteiger partial charge in [0.1, 0.15) is 5.03 Å². The van der Waals surface area contributed by atoms with Gasteiger partial charge in [0.15, 0.2) is 5.16 Å². The molecule has 5 nitrogen and oxygen atoms in total. The number of rotatable bonds is 4. The fourth-order valence-electron chi connectivity index (χ4n) is 3.50. The van der Waals surface area contributed by atoms with Gasteiger partial charge in [-0.25, -0.2) is 9.97 Å². The number of pyridine rings is 1. The van der Waals surface area contributed by atoms with Crippen LogP contribution in [0, 0.1) is 0 Å². The number of H-pyrrole nitrogens is 1. The number of fused-ring (bicyclic) bond motifs is 2. The van der Waals surface area contributed by atoms with E-state index < -0.39 is 17.6 Å². The summed E-state index contributed by atoms with van der Waals surface area (Å²) in [6.07, 6.45) is -4.59. The normalized spacial score (nSPS) is 11.7. The predicted molar refractivity (Wildman–Crippen MR) is 121 cm³/mol. The van der Waals surface area contributed by atoms with Gasteiger partial charge in [0.25, 0.3) is 5.91 Å². The van der Waals surface area contributed by atoms with Crippen LogP contribution in [-0.4, -0.2) is 20.9 Å². The molecule has 2 heterocycles. The molecule has 0 saturated heterocycles. The quantitative estimate of drug-likeness (QED) is 0.317. The van der Waals surface area contributed by atoms with E-state index in [0.717, 1.165) is 17.1 Å². The van der Waals surface area contributed by atoms with Crippen molar-refractivity contribution in [2.24, 2.45) is 0 Å². The van der Waals surface area contributed by atoms with E-state index in [1.54, 1.807) is 30.3 Å². The summed E-state index contributed by atoms with van der Waals surface area (Å²) >= 11 is 1.24. The lowest BCUT2D eigenvalue weighted by atomic mass is 10.1. The Balaban J connectivity index is 1.53. The van der Waals surface area contributed by atoms with Crippen molar-refractivity contribution in [3.05, 3.63) is 90.0 Å². The number of aromatic amines is 1. The number of carbonyl (C=O) groups is 1. The van der Waals surface area contributed by atoms with Crippen molar-refractivity contribution >= 4 is 45.3 Å². The van der Waals surface area contributed by atoms with E-state index >= 15 is 0 Å². The van der Waals surface area contributed by atoms with Gasteiger partial charge in [-0.3, -0.25) is 4.79 Å². The highest BCUT2D eigenvalue weighted by Gasteiger charge is 2.33. The van der Waals surface area contributed by atoms with Gasteiger partial charge in [0.05, 0.1) is 33.4 Å². The molecule has 5 aromatic rings. The van der Waals surface area contributed by atoms with Crippen molar-refractivity contribution in [2.75, 3.05) is 5.32 Å². The average Bonchev–Trinajstić information content (AvgIpc) is 3.20. The number of aromatic nitrogens is 3. The summed E-state index contributed by atoms with van der Waals surface area (Å²) in [6.45, 7) is 0. The van der Waals surface area contributed by atoms with Crippen molar-refractivity contribution in [3.8, 4) is 0 Å². The third-order valence-corrected chi connectivity index (χ3v) is 5.79. The van der Waals surface area contributed by atoms with E-state index in [-0.39, 0.29) is 11.3 Å². The molecule has 3 aromatic carbocycles. The zero-order chi connectivity index (χ0) is 23.0. The number of amides is 1. The predicted octanol–water partition coefficient (Wildman–Crippen LogP) is 6.53. The van der Waals surface area contributed by atoms with Crippen LogP contribution in [0.2, 0.25) is 0 Å². The first-order valence-corrected chi connectivity index (χ1v) is 10.7. The summed E-state index contributed by atoms with van der Waals surface area (Å²) in [5.41, 5.74) is 1.21. The Bertz CT molecular complexity index is 1460. The molecule has 164 valence electrons. The third kappa shape index (κ3) is 4.27. The Morgan fingerprint density at radius 1 is 0.879 bits per heavy atom. The second-order valence-corrected chi connectivity index (χ2v) is 8.19. The number of halogens is 3. The standard InChI is InChI=1S/C24H15F3N4OS/c25-24(26,27)16-8-2-4-10-18(16)29-22(32)15-13-21(28-17-9-3-1-7-14(15)17)33-23-30-19-11-5-6-12-20(19)31-23/h1-13H,(H,29,32)(H,30,31). The van der Waals surface area contributed by atoms with E-state index in [9.17, 15) is 18.0 Å². The number of nitrogens with zero attached hydrogens (tertiary/aromatic N) is 2. The molecule has 9 heteroatoms. The molecule has 0 aliphatic heterocycles. The first-order valence-electron chi connectivity index (χ1n) is 9.88. The molecule has 0 fully saturated rings. The summed E-state index contributed by atoms with van der Waals surface area (Å²) in [4.78, 5) is 25.4. The Morgan fingerprint density at radius 2 is 1.58 bits per heavy atom. The first-order chi connectivity index (χ1) is 15.9. The summed E-state index contributed by atoms with van der Waals surface area (Å²) < 4.78 is 40.1. The minimum absolute atomic E-state index is 0.219. The van der Waals surface area contributed by atoms with Gasteiger partial charge >= 0.3 is 6.18 Å². The molecule has 2 aromatic heterocycles. The van der Waals surface area contributed by atoms with Crippen molar-refractivity contribution in [1.29, 1.82) is 0 Å². The lowest BCUT2D eigenvalue weighted by Crippen LogP contribution is -2.17. The maximum Gasteiger partial charge on any atom is 0.418 e. The number of hydrogen-bond acceptors (Lipinski definition) is 4. The van der Waals surface area contributed by atoms with Crippen LogP contribution >= 0.6 is 11.8 Å². The van der Waals surface area contributed by atoms with Crippen LogP contribution in [0.3, 0.4) is 0 Å². The van der Waals surface area contributed by atoms with Gasteiger partial charge in [-0.05, 0) is 48.2 Å². The maximum absolute atomic E-state index is 13.4. The Kier molecular flexibility index (Phi) is 5.26. The lowest BCUT2D eigenvalue weighted by Gasteiger charge is -2.14. The van der Waals surface area contributed by atoms with E-state index in [1.807, 2.05) is 24.3 Å². The summed E-state index contributed by atoms with van der Waals surface area (Å²) in [7, 11) is 0. The number of carbonyl (C=O) groups excluding carboxylic acids is 1. The Morgan fingerprint density at radius 3 is 2.36 bits per heavy atom. The minimum atomic E-state index is -4.59. The number of benzene rings is 3. The molecule has 1 amide bonds. The molecule has 33 heavy (non-hydrogen) atoms. The summed E-state index contributed by atoms with van der Waals surface area (Å²) in [5, 5.41) is 4.03. The SMILES string of the molecule is O=C(Nc1ccccc1C(F)(F)F)c1cc(Sc2nc3ccccc3[nH]2)nc2ccccc12. The van der Waals surface area contributed by atoms with E-state index in [1.165, 1.54) is 30.0 Å². The van der Waals surface area contributed by atoms with Crippen molar-refractivity contribution in [1.82, 2.24) is 15.0 Å². The second-order valence-electron chi connectivity index (χ2n) is 7.18. The van der Waals surface area contributed by atoms with Crippen LogP contribution in [0.5, 0.6) is 0 Å². The fourth-order valence-corrected chi connectivity index (χ4v) is 4.32. The molecule has 0 unspecified atom stereocenters. The molecular formula is C24H15F3N4OS. The Hall–Kier alpha value is -3.85. The number of imidazole rings is 1. The molecule has 0 spiro atoms. The molecule has 2 N–H and O–H groups in total. The number of nitrogens with one attached hydrogen (secondary N) is 2. The molecule has 0 bridgehead atoms. The van der Waals surface area contributed by atoms with Crippen LogP contribution in [0.1, 0.15) is 15.9 Å². The van der Waals surface area contributed by atoms with Crippen molar-refractivity contribution in [3.63, 3.8) is 0 Å². The maximum atomic E-state index is 13.4. The summed E-state index contributed by atoms with van der Waals surface area (Å²) in [6, 6.07) is 21.0. The van der Waals surface area contributed by atoms with E-state index in [4.69, 9.17) is 0 Å². The number of para-hydroxylation sites is 4. The molecule has 5 rings (SSSR count). The largest absolute Gasteiger partial charge is 0.418 e.